The van der Waals surface area contributed by atoms with Crippen molar-refractivity contribution in [2.45, 2.75) is 45.2 Å². The van der Waals surface area contributed by atoms with Crippen molar-refractivity contribution in [1.29, 1.82) is 0 Å². The van der Waals surface area contributed by atoms with E-state index in [0.717, 1.165) is 31.3 Å². The van der Waals surface area contributed by atoms with E-state index < -0.39 is 0 Å². The SMILES string of the molecule is COCCNCc1cccc(Cl)c1N1CCCCCC1C. The molecule has 1 N–H and O–H groups in total. The molecule has 0 aliphatic carbocycles. The molecule has 0 spiro atoms. The fraction of sp³-hybridized carbons (Fsp3) is 0.647. The molecule has 0 aromatic heterocycles. The van der Waals surface area contributed by atoms with E-state index in [-0.39, 0.29) is 0 Å². The summed E-state index contributed by atoms with van der Waals surface area (Å²) in [5.74, 6) is 0. The maximum absolute atomic E-state index is 6.53. The number of ether oxygens (including phenoxy) is 1. The molecule has 1 aromatic carbocycles. The van der Waals surface area contributed by atoms with E-state index in [2.05, 4.69) is 23.2 Å². The first kappa shape index (κ1) is 16.6. The summed E-state index contributed by atoms with van der Waals surface area (Å²) < 4.78 is 5.08. The summed E-state index contributed by atoms with van der Waals surface area (Å²) in [7, 11) is 1.73. The van der Waals surface area contributed by atoms with Crippen LogP contribution in [0.15, 0.2) is 18.2 Å². The quantitative estimate of drug-likeness (QED) is 0.808. The third-order valence-electron chi connectivity index (χ3n) is 4.21. The number of nitrogens with one attached hydrogen (secondary N) is 1. The number of hydrogen-bond acceptors (Lipinski definition) is 3. The van der Waals surface area contributed by atoms with Gasteiger partial charge < -0.3 is 15.0 Å². The van der Waals surface area contributed by atoms with E-state index in [1.807, 2.05) is 12.1 Å². The van der Waals surface area contributed by atoms with Crippen LogP contribution in [0.5, 0.6) is 0 Å². The van der Waals surface area contributed by atoms with Gasteiger partial charge in [-0.3, -0.25) is 0 Å². The molecular weight excluding hydrogens is 284 g/mol. The second-order valence-corrected chi connectivity index (χ2v) is 6.22. The molecule has 0 radical (unpaired) electrons. The Morgan fingerprint density at radius 3 is 3.00 bits per heavy atom. The maximum Gasteiger partial charge on any atom is 0.0643 e. The molecule has 1 atom stereocenters. The summed E-state index contributed by atoms with van der Waals surface area (Å²) in [5.41, 5.74) is 2.51. The lowest BCUT2D eigenvalue weighted by Gasteiger charge is -2.32. The van der Waals surface area contributed by atoms with Gasteiger partial charge in [0, 0.05) is 32.8 Å². The van der Waals surface area contributed by atoms with Gasteiger partial charge in [0.2, 0.25) is 0 Å². The van der Waals surface area contributed by atoms with Crippen molar-refractivity contribution in [3.63, 3.8) is 0 Å². The normalized spacial score (nSPS) is 19.6. The summed E-state index contributed by atoms with van der Waals surface area (Å²) in [4.78, 5) is 2.50. The molecule has 2 rings (SSSR count). The summed E-state index contributed by atoms with van der Waals surface area (Å²) >= 11 is 6.53. The lowest BCUT2D eigenvalue weighted by atomic mass is 10.1. The van der Waals surface area contributed by atoms with Gasteiger partial charge in [-0.25, -0.2) is 0 Å². The number of nitrogens with zero attached hydrogens (tertiary/aromatic N) is 1. The lowest BCUT2D eigenvalue weighted by molar-refractivity contribution is 0.199. The van der Waals surface area contributed by atoms with Crippen molar-refractivity contribution in [2.24, 2.45) is 0 Å². The Labute approximate surface area is 133 Å². The molecular formula is C17H27ClN2O. The van der Waals surface area contributed by atoms with E-state index in [1.54, 1.807) is 7.11 Å². The van der Waals surface area contributed by atoms with Gasteiger partial charge in [-0.05, 0) is 31.4 Å². The Balaban J connectivity index is 2.15. The van der Waals surface area contributed by atoms with Crippen LogP contribution in [0, 0.1) is 0 Å². The van der Waals surface area contributed by atoms with Crippen molar-refractivity contribution in [3.8, 4) is 0 Å². The third kappa shape index (κ3) is 4.60. The molecule has 0 bridgehead atoms. The van der Waals surface area contributed by atoms with E-state index in [9.17, 15) is 0 Å². The maximum atomic E-state index is 6.53. The molecule has 0 amide bonds. The van der Waals surface area contributed by atoms with Crippen LogP contribution < -0.4 is 10.2 Å². The molecule has 1 aliphatic heterocycles. The summed E-state index contributed by atoms with van der Waals surface area (Å²) in [6.45, 7) is 5.85. The average molecular weight is 311 g/mol. The third-order valence-corrected chi connectivity index (χ3v) is 4.51. The molecule has 1 fully saturated rings. The second kappa shape index (κ2) is 8.62. The van der Waals surface area contributed by atoms with Gasteiger partial charge >= 0.3 is 0 Å². The minimum atomic E-state index is 0.560. The minimum absolute atomic E-state index is 0.560. The van der Waals surface area contributed by atoms with Gasteiger partial charge in [0.1, 0.15) is 0 Å². The first-order valence-corrected chi connectivity index (χ1v) is 8.35. The van der Waals surface area contributed by atoms with Crippen molar-refractivity contribution in [1.82, 2.24) is 5.32 Å². The van der Waals surface area contributed by atoms with Crippen molar-refractivity contribution >= 4 is 17.3 Å². The topological polar surface area (TPSA) is 24.5 Å². The van der Waals surface area contributed by atoms with Gasteiger partial charge in [-0.1, -0.05) is 36.6 Å². The highest BCUT2D eigenvalue weighted by molar-refractivity contribution is 6.33. The molecule has 1 heterocycles. The van der Waals surface area contributed by atoms with Crippen LogP contribution in [0.3, 0.4) is 0 Å². The predicted molar refractivity (Wildman–Crippen MR) is 90.3 cm³/mol. The van der Waals surface area contributed by atoms with Gasteiger partial charge in [0.15, 0.2) is 0 Å². The number of para-hydroxylation sites is 1. The molecule has 1 aromatic rings. The Hall–Kier alpha value is -0.770. The number of hydrogen-bond donors (Lipinski definition) is 1. The summed E-state index contributed by atoms with van der Waals surface area (Å²) in [5, 5.41) is 4.30. The number of anilines is 1. The Morgan fingerprint density at radius 1 is 1.33 bits per heavy atom. The fourth-order valence-electron chi connectivity index (χ4n) is 3.03. The molecule has 1 aliphatic rings. The molecule has 3 nitrogen and oxygen atoms in total. The summed E-state index contributed by atoms with van der Waals surface area (Å²) in [6.07, 6.45) is 5.16. The van der Waals surface area contributed by atoms with Crippen LogP contribution in [0.4, 0.5) is 5.69 Å². The van der Waals surface area contributed by atoms with Crippen molar-refractivity contribution in [3.05, 3.63) is 28.8 Å². The first-order chi connectivity index (χ1) is 10.2. The van der Waals surface area contributed by atoms with Gasteiger partial charge in [0.05, 0.1) is 17.3 Å². The van der Waals surface area contributed by atoms with Crippen molar-refractivity contribution in [2.75, 3.05) is 31.7 Å². The number of halogens is 1. The van der Waals surface area contributed by atoms with Crippen LogP contribution in [-0.2, 0) is 11.3 Å². The van der Waals surface area contributed by atoms with E-state index >= 15 is 0 Å². The molecule has 118 valence electrons. The standard InChI is InChI=1S/C17H27ClN2O/c1-14-7-4-3-5-11-20(14)17-15(8-6-9-16(17)18)13-19-10-12-21-2/h6,8-9,14,19H,3-5,7,10-13H2,1-2H3. The van der Waals surface area contributed by atoms with Gasteiger partial charge in [-0.15, -0.1) is 0 Å². The Kier molecular flexibility index (Phi) is 6.81. The van der Waals surface area contributed by atoms with Crippen LogP contribution in [0.2, 0.25) is 5.02 Å². The van der Waals surface area contributed by atoms with Crippen LogP contribution in [-0.4, -0.2) is 32.8 Å². The van der Waals surface area contributed by atoms with Gasteiger partial charge in [-0.2, -0.15) is 0 Å². The first-order valence-electron chi connectivity index (χ1n) is 7.97. The Bertz CT molecular complexity index is 439. The fourth-order valence-corrected chi connectivity index (χ4v) is 3.33. The smallest absolute Gasteiger partial charge is 0.0643 e. The zero-order chi connectivity index (χ0) is 15.1. The average Bonchev–Trinajstić information content (AvgIpc) is 2.69. The number of benzene rings is 1. The summed E-state index contributed by atoms with van der Waals surface area (Å²) in [6, 6.07) is 6.79. The molecule has 1 saturated heterocycles. The molecule has 4 heteroatoms. The zero-order valence-electron chi connectivity index (χ0n) is 13.2. The monoisotopic (exact) mass is 310 g/mol. The van der Waals surface area contributed by atoms with E-state index in [1.165, 1.54) is 36.9 Å². The Morgan fingerprint density at radius 2 is 2.19 bits per heavy atom. The number of rotatable bonds is 6. The van der Waals surface area contributed by atoms with Crippen molar-refractivity contribution < 1.29 is 4.74 Å². The molecule has 0 saturated carbocycles. The van der Waals surface area contributed by atoms with Crippen LogP contribution in [0.1, 0.15) is 38.2 Å². The molecule has 1 unspecified atom stereocenters. The predicted octanol–water partition coefficient (Wildman–Crippen LogP) is 3.84. The highest BCUT2D eigenvalue weighted by Crippen LogP contribution is 2.33. The highest BCUT2D eigenvalue weighted by Gasteiger charge is 2.21. The highest BCUT2D eigenvalue weighted by atomic mass is 35.5. The molecule has 21 heavy (non-hydrogen) atoms. The van der Waals surface area contributed by atoms with Crippen LogP contribution in [0.25, 0.3) is 0 Å². The second-order valence-electron chi connectivity index (χ2n) is 5.81. The lowest BCUT2D eigenvalue weighted by Crippen LogP contribution is -2.34. The minimum Gasteiger partial charge on any atom is -0.383 e. The van der Waals surface area contributed by atoms with Gasteiger partial charge in [0.25, 0.3) is 0 Å². The van der Waals surface area contributed by atoms with E-state index in [0.29, 0.717) is 6.04 Å². The van der Waals surface area contributed by atoms with E-state index in [4.69, 9.17) is 16.3 Å². The zero-order valence-corrected chi connectivity index (χ0v) is 14.0. The number of methoxy groups -OCH3 is 1. The van der Waals surface area contributed by atoms with Crippen LogP contribution >= 0.6 is 11.6 Å². The largest absolute Gasteiger partial charge is 0.383 e.